The van der Waals surface area contributed by atoms with Gasteiger partial charge < -0.3 is 9.84 Å². The zero-order valence-corrected chi connectivity index (χ0v) is 13.4. The maximum atomic E-state index is 9.74. The van der Waals surface area contributed by atoms with Gasteiger partial charge in [0.25, 0.3) is 0 Å². The van der Waals surface area contributed by atoms with Crippen molar-refractivity contribution in [1.82, 2.24) is 0 Å². The molecule has 0 bridgehead atoms. The summed E-state index contributed by atoms with van der Waals surface area (Å²) in [4.78, 5) is 0. The molecule has 0 heterocycles. The summed E-state index contributed by atoms with van der Waals surface area (Å²) in [5, 5.41) is 11.1. The van der Waals surface area contributed by atoms with Gasteiger partial charge in [0.15, 0.2) is 0 Å². The largest absolute Gasteiger partial charge is 0.390 e. The Balaban J connectivity index is 2.18. The number of halogens is 2. The van der Waals surface area contributed by atoms with Crippen LogP contribution in [0, 0.1) is 0 Å². The predicted octanol–water partition coefficient (Wildman–Crippen LogP) is 4.40. The molecule has 5 heteroatoms. The Labute approximate surface area is 129 Å². The minimum atomic E-state index is -0.423. The summed E-state index contributed by atoms with van der Waals surface area (Å²) in [5.41, 5.74) is 1.04. The fourth-order valence-electron chi connectivity index (χ4n) is 1.46. The van der Waals surface area contributed by atoms with Crippen LogP contribution in [-0.4, -0.2) is 30.2 Å². The highest BCUT2D eigenvalue weighted by Crippen LogP contribution is 2.24. The zero-order chi connectivity index (χ0) is 14.1. The van der Waals surface area contributed by atoms with Gasteiger partial charge in [-0.25, -0.2) is 0 Å². The molecule has 0 fully saturated rings. The highest BCUT2D eigenvalue weighted by molar-refractivity contribution is 7.98. The van der Waals surface area contributed by atoms with Crippen LogP contribution in [0.2, 0.25) is 10.0 Å². The van der Waals surface area contributed by atoms with Gasteiger partial charge in [0.1, 0.15) is 0 Å². The summed E-state index contributed by atoms with van der Waals surface area (Å²) in [6, 6.07) is 5.48. The molecule has 1 aromatic carbocycles. The Hall–Kier alpha value is 0.0700. The van der Waals surface area contributed by atoms with Gasteiger partial charge in [-0.1, -0.05) is 42.6 Å². The second kappa shape index (κ2) is 9.89. The van der Waals surface area contributed by atoms with Gasteiger partial charge >= 0.3 is 0 Å². The molecule has 0 saturated heterocycles. The zero-order valence-electron chi connectivity index (χ0n) is 11.1. The standard InChI is InChI=1S/C14H20Cl2O2S/c1-2-3-6-18-8-13(17)10-19-9-11-4-5-12(15)7-14(11)16/h4-5,7,13,17H,2-3,6,8-10H2,1H3. The molecule has 0 aromatic heterocycles. The number of unbranched alkanes of at least 4 members (excludes halogenated alkanes) is 1. The van der Waals surface area contributed by atoms with Crippen molar-refractivity contribution in [3.05, 3.63) is 33.8 Å². The number of aliphatic hydroxyl groups excluding tert-OH is 1. The molecule has 1 rings (SSSR count). The Bertz CT molecular complexity index is 374. The molecule has 0 aliphatic rings. The second-order valence-electron chi connectivity index (χ2n) is 4.33. The van der Waals surface area contributed by atoms with E-state index in [1.54, 1.807) is 17.8 Å². The Kier molecular flexibility index (Phi) is 8.92. The molecule has 0 aliphatic carbocycles. The second-order valence-corrected chi connectivity index (χ2v) is 6.21. The van der Waals surface area contributed by atoms with Crippen molar-refractivity contribution in [1.29, 1.82) is 0 Å². The number of aliphatic hydroxyl groups is 1. The van der Waals surface area contributed by atoms with Crippen LogP contribution in [0.15, 0.2) is 18.2 Å². The molecule has 0 radical (unpaired) electrons. The summed E-state index contributed by atoms with van der Waals surface area (Å²) in [6.45, 7) is 3.24. The third-order valence-electron chi connectivity index (χ3n) is 2.54. The summed E-state index contributed by atoms with van der Waals surface area (Å²) in [6.07, 6.45) is 1.73. The Morgan fingerprint density at radius 1 is 1.37 bits per heavy atom. The van der Waals surface area contributed by atoms with E-state index in [0.29, 0.717) is 22.4 Å². The fourth-order valence-corrected chi connectivity index (χ4v) is 2.97. The van der Waals surface area contributed by atoms with Crippen LogP contribution in [0.1, 0.15) is 25.3 Å². The lowest BCUT2D eigenvalue weighted by molar-refractivity contribution is 0.0473. The first-order valence-electron chi connectivity index (χ1n) is 6.41. The van der Waals surface area contributed by atoms with Crippen molar-refractivity contribution >= 4 is 35.0 Å². The minimum absolute atomic E-state index is 0.404. The molecule has 0 spiro atoms. The maximum Gasteiger partial charge on any atom is 0.0863 e. The van der Waals surface area contributed by atoms with Crippen molar-refractivity contribution in [2.24, 2.45) is 0 Å². The first-order chi connectivity index (χ1) is 9.13. The number of hydrogen-bond acceptors (Lipinski definition) is 3. The van der Waals surface area contributed by atoms with Gasteiger partial charge in [-0.15, -0.1) is 0 Å². The summed E-state index contributed by atoms with van der Waals surface area (Å²) < 4.78 is 5.37. The quantitative estimate of drug-likeness (QED) is 0.683. The van der Waals surface area contributed by atoms with Crippen LogP contribution in [0.25, 0.3) is 0 Å². The number of ether oxygens (including phenoxy) is 1. The highest BCUT2D eigenvalue weighted by Gasteiger charge is 2.06. The normalized spacial score (nSPS) is 12.6. The van der Waals surface area contributed by atoms with E-state index in [1.807, 2.05) is 12.1 Å². The first kappa shape index (κ1) is 17.1. The molecule has 0 aliphatic heterocycles. The molecule has 2 nitrogen and oxygen atoms in total. The molecule has 1 unspecified atom stereocenters. The van der Waals surface area contributed by atoms with E-state index >= 15 is 0 Å². The Morgan fingerprint density at radius 3 is 2.84 bits per heavy atom. The lowest BCUT2D eigenvalue weighted by Gasteiger charge is -2.11. The SMILES string of the molecule is CCCCOCC(O)CSCc1ccc(Cl)cc1Cl. The van der Waals surface area contributed by atoms with E-state index < -0.39 is 6.10 Å². The minimum Gasteiger partial charge on any atom is -0.390 e. The highest BCUT2D eigenvalue weighted by atomic mass is 35.5. The Morgan fingerprint density at radius 2 is 2.16 bits per heavy atom. The van der Waals surface area contributed by atoms with Gasteiger partial charge in [0, 0.05) is 28.2 Å². The average molecular weight is 323 g/mol. The molecule has 0 saturated carbocycles. The molecule has 108 valence electrons. The monoisotopic (exact) mass is 322 g/mol. The van der Waals surface area contributed by atoms with E-state index in [4.69, 9.17) is 27.9 Å². The molecule has 1 atom stereocenters. The van der Waals surface area contributed by atoms with Crippen molar-refractivity contribution in [3.63, 3.8) is 0 Å². The predicted molar refractivity (Wildman–Crippen MR) is 84.4 cm³/mol. The first-order valence-corrected chi connectivity index (χ1v) is 8.32. The molecule has 1 N–H and O–H groups in total. The fraction of sp³-hybridized carbons (Fsp3) is 0.571. The number of rotatable bonds is 9. The maximum absolute atomic E-state index is 9.74. The van der Waals surface area contributed by atoms with E-state index in [1.165, 1.54) is 0 Å². The topological polar surface area (TPSA) is 29.5 Å². The van der Waals surface area contributed by atoms with Gasteiger partial charge in [-0.3, -0.25) is 0 Å². The lowest BCUT2D eigenvalue weighted by Crippen LogP contribution is -2.18. The van der Waals surface area contributed by atoms with E-state index in [-0.39, 0.29) is 0 Å². The van der Waals surface area contributed by atoms with Gasteiger partial charge in [0.2, 0.25) is 0 Å². The number of thioether (sulfide) groups is 1. The summed E-state index contributed by atoms with van der Waals surface area (Å²) in [7, 11) is 0. The molecule has 1 aromatic rings. The van der Waals surface area contributed by atoms with Gasteiger partial charge in [-0.2, -0.15) is 11.8 Å². The van der Waals surface area contributed by atoms with Crippen LogP contribution >= 0.6 is 35.0 Å². The van der Waals surface area contributed by atoms with Crippen molar-refractivity contribution in [3.8, 4) is 0 Å². The smallest absolute Gasteiger partial charge is 0.0863 e. The van der Waals surface area contributed by atoms with Crippen LogP contribution in [0.5, 0.6) is 0 Å². The van der Waals surface area contributed by atoms with Crippen LogP contribution < -0.4 is 0 Å². The number of hydrogen-bond donors (Lipinski definition) is 1. The van der Waals surface area contributed by atoms with Gasteiger partial charge in [-0.05, 0) is 24.1 Å². The van der Waals surface area contributed by atoms with Crippen LogP contribution in [-0.2, 0) is 10.5 Å². The van der Waals surface area contributed by atoms with E-state index in [9.17, 15) is 5.11 Å². The van der Waals surface area contributed by atoms with E-state index in [2.05, 4.69) is 6.92 Å². The van der Waals surface area contributed by atoms with Gasteiger partial charge in [0.05, 0.1) is 12.7 Å². The lowest BCUT2D eigenvalue weighted by atomic mass is 10.2. The third-order valence-corrected chi connectivity index (χ3v) is 4.26. The van der Waals surface area contributed by atoms with Crippen molar-refractivity contribution in [2.75, 3.05) is 19.0 Å². The van der Waals surface area contributed by atoms with E-state index in [0.717, 1.165) is 30.8 Å². The van der Waals surface area contributed by atoms with Crippen molar-refractivity contribution < 1.29 is 9.84 Å². The van der Waals surface area contributed by atoms with Crippen LogP contribution in [0.3, 0.4) is 0 Å². The molecular formula is C14H20Cl2O2S. The molecule has 19 heavy (non-hydrogen) atoms. The van der Waals surface area contributed by atoms with Crippen LogP contribution in [0.4, 0.5) is 0 Å². The summed E-state index contributed by atoms with van der Waals surface area (Å²) >= 11 is 13.6. The third kappa shape index (κ3) is 7.42. The van der Waals surface area contributed by atoms with Crippen molar-refractivity contribution in [2.45, 2.75) is 31.6 Å². The average Bonchev–Trinajstić information content (AvgIpc) is 2.37. The molecule has 0 amide bonds. The number of benzene rings is 1. The summed E-state index contributed by atoms with van der Waals surface area (Å²) in [5.74, 6) is 1.41. The molecular weight excluding hydrogens is 303 g/mol.